The molecule has 1 aliphatic heterocycles. The lowest BCUT2D eigenvalue weighted by Crippen LogP contribution is -2.53. The molecule has 0 aromatic carbocycles. The molecular formula is C17H21N5O4. The summed E-state index contributed by atoms with van der Waals surface area (Å²) in [5.74, 6) is 0.875. The van der Waals surface area contributed by atoms with Crippen molar-refractivity contribution in [3.05, 3.63) is 37.2 Å². The van der Waals surface area contributed by atoms with E-state index in [0.29, 0.717) is 31.3 Å². The van der Waals surface area contributed by atoms with Gasteiger partial charge in [-0.2, -0.15) is 0 Å². The molecule has 3 heterocycles. The lowest BCUT2D eigenvalue weighted by atomic mass is 10.0. The molecular weight excluding hydrogens is 338 g/mol. The summed E-state index contributed by atoms with van der Waals surface area (Å²) in [5.41, 5.74) is 0. The van der Waals surface area contributed by atoms with Crippen LogP contribution in [0.4, 0.5) is 4.79 Å². The Hall–Kier alpha value is -2.97. The van der Waals surface area contributed by atoms with E-state index < -0.39 is 6.10 Å². The molecule has 138 valence electrons. The molecule has 1 aliphatic rings. The van der Waals surface area contributed by atoms with Gasteiger partial charge in [-0.05, 0) is 13.8 Å². The SMILES string of the molecule is CC(C)OC(=O)N1CCC(Oc2ccncn2)C(Oc2ccncn2)C1. The van der Waals surface area contributed by atoms with Crippen LogP contribution in [0.3, 0.4) is 0 Å². The number of carbonyl (C=O) groups excluding carboxylic acids is 1. The number of hydrogen-bond donors (Lipinski definition) is 0. The summed E-state index contributed by atoms with van der Waals surface area (Å²) in [6.45, 7) is 4.46. The summed E-state index contributed by atoms with van der Waals surface area (Å²) in [5, 5.41) is 0. The smallest absolute Gasteiger partial charge is 0.410 e. The molecule has 9 nitrogen and oxygen atoms in total. The largest absolute Gasteiger partial charge is 0.470 e. The van der Waals surface area contributed by atoms with Gasteiger partial charge in [0.15, 0.2) is 6.10 Å². The van der Waals surface area contributed by atoms with Gasteiger partial charge in [0.25, 0.3) is 0 Å². The third-order valence-electron chi connectivity index (χ3n) is 3.75. The van der Waals surface area contributed by atoms with Gasteiger partial charge in [-0.25, -0.2) is 24.7 Å². The van der Waals surface area contributed by atoms with Crippen LogP contribution in [0.2, 0.25) is 0 Å². The Balaban J connectivity index is 1.72. The Morgan fingerprint density at radius 1 is 1.08 bits per heavy atom. The Morgan fingerprint density at radius 2 is 1.69 bits per heavy atom. The first-order valence-corrected chi connectivity index (χ1v) is 8.42. The maximum atomic E-state index is 12.2. The highest BCUT2D eigenvalue weighted by Gasteiger charge is 2.36. The average molecular weight is 359 g/mol. The Kier molecular flexibility index (Phi) is 5.77. The highest BCUT2D eigenvalue weighted by Crippen LogP contribution is 2.21. The number of amides is 1. The highest BCUT2D eigenvalue weighted by molar-refractivity contribution is 5.68. The van der Waals surface area contributed by atoms with E-state index >= 15 is 0 Å². The van der Waals surface area contributed by atoms with Gasteiger partial charge in [-0.15, -0.1) is 0 Å². The van der Waals surface area contributed by atoms with Crippen LogP contribution in [-0.2, 0) is 4.74 Å². The zero-order chi connectivity index (χ0) is 18.4. The minimum atomic E-state index is -0.423. The van der Waals surface area contributed by atoms with E-state index in [9.17, 15) is 4.79 Å². The molecule has 9 heteroatoms. The average Bonchev–Trinajstić information content (AvgIpc) is 2.64. The standard InChI is InChI=1S/C17H21N5O4/c1-12(2)24-17(23)22-8-5-13(25-15-3-6-18-10-20-15)14(9-22)26-16-4-7-19-11-21-16/h3-4,6-7,10-14H,5,8-9H2,1-2H3. The zero-order valence-electron chi connectivity index (χ0n) is 14.7. The molecule has 2 atom stereocenters. The number of piperidine rings is 1. The van der Waals surface area contributed by atoms with Crippen LogP contribution >= 0.6 is 0 Å². The van der Waals surface area contributed by atoms with E-state index in [1.165, 1.54) is 12.7 Å². The second kappa shape index (κ2) is 8.41. The van der Waals surface area contributed by atoms with Crippen molar-refractivity contribution in [2.45, 2.75) is 38.6 Å². The number of hydrogen-bond acceptors (Lipinski definition) is 8. The fourth-order valence-corrected chi connectivity index (χ4v) is 2.59. The zero-order valence-corrected chi connectivity index (χ0v) is 14.7. The highest BCUT2D eigenvalue weighted by atomic mass is 16.6. The van der Waals surface area contributed by atoms with Crippen molar-refractivity contribution in [2.75, 3.05) is 13.1 Å². The van der Waals surface area contributed by atoms with E-state index in [-0.39, 0.29) is 18.3 Å². The van der Waals surface area contributed by atoms with Crippen molar-refractivity contribution in [1.29, 1.82) is 0 Å². The summed E-state index contributed by atoms with van der Waals surface area (Å²) >= 11 is 0. The van der Waals surface area contributed by atoms with E-state index in [2.05, 4.69) is 19.9 Å². The van der Waals surface area contributed by atoms with Gasteiger partial charge in [0.2, 0.25) is 11.8 Å². The first kappa shape index (κ1) is 17.8. The Labute approximate surface area is 151 Å². The first-order valence-electron chi connectivity index (χ1n) is 8.42. The van der Waals surface area contributed by atoms with Crippen molar-refractivity contribution in [3.8, 4) is 11.8 Å². The number of carbonyl (C=O) groups is 1. The molecule has 0 spiro atoms. The molecule has 3 rings (SSSR count). The van der Waals surface area contributed by atoms with Crippen LogP contribution in [0.5, 0.6) is 11.8 Å². The van der Waals surface area contributed by atoms with E-state index in [1.54, 1.807) is 29.4 Å². The molecule has 0 N–H and O–H groups in total. The van der Waals surface area contributed by atoms with Crippen LogP contribution < -0.4 is 9.47 Å². The maximum absolute atomic E-state index is 12.2. The Morgan fingerprint density at radius 3 is 2.23 bits per heavy atom. The molecule has 1 saturated heterocycles. The number of ether oxygens (including phenoxy) is 3. The number of likely N-dealkylation sites (tertiary alicyclic amines) is 1. The molecule has 26 heavy (non-hydrogen) atoms. The van der Waals surface area contributed by atoms with Gasteiger partial charge in [0.1, 0.15) is 18.8 Å². The molecule has 2 unspecified atom stereocenters. The van der Waals surface area contributed by atoms with Crippen molar-refractivity contribution in [1.82, 2.24) is 24.8 Å². The van der Waals surface area contributed by atoms with Crippen LogP contribution in [0.15, 0.2) is 37.2 Å². The van der Waals surface area contributed by atoms with Gasteiger partial charge in [0.05, 0.1) is 12.6 Å². The predicted molar refractivity (Wildman–Crippen MR) is 90.7 cm³/mol. The number of rotatable bonds is 5. The first-order chi connectivity index (χ1) is 12.6. The lowest BCUT2D eigenvalue weighted by Gasteiger charge is -2.37. The molecule has 2 aromatic rings. The fourth-order valence-electron chi connectivity index (χ4n) is 2.59. The summed E-state index contributed by atoms with van der Waals surface area (Å²) in [6.07, 6.45) is 5.35. The van der Waals surface area contributed by atoms with Crippen molar-refractivity contribution >= 4 is 6.09 Å². The normalized spacial score (nSPS) is 19.9. The minimum absolute atomic E-state index is 0.182. The summed E-state index contributed by atoms with van der Waals surface area (Å²) < 4.78 is 17.2. The molecule has 1 fully saturated rings. The van der Waals surface area contributed by atoms with Crippen LogP contribution in [0, 0.1) is 0 Å². The second-order valence-corrected chi connectivity index (χ2v) is 6.08. The van der Waals surface area contributed by atoms with E-state index in [4.69, 9.17) is 14.2 Å². The van der Waals surface area contributed by atoms with Crippen LogP contribution in [0.1, 0.15) is 20.3 Å². The molecule has 0 bridgehead atoms. The van der Waals surface area contributed by atoms with E-state index in [1.807, 2.05) is 13.8 Å². The topological polar surface area (TPSA) is 99.6 Å². The maximum Gasteiger partial charge on any atom is 0.410 e. The molecule has 0 saturated carbocycles. The fraction of sp³-hybridized carbons (Fsp3) is 0.471. The van der Waals surface area contributed by atoms with Crippen molar-refractivity contribution in [2.24, 2.45) is 0 Å². The third kappa shape index (κ3) is 4.78. The lowest BCUT2D eigenvalue weighted by molar-refractivity contribution is -0.0188. The van der Waals surface area contributed by atoms with Gasteiger partial charge in [-0.3, -0.25) is 0 Å². The van der Waals surface area contributed by atoms with Gasteiger partial charge in [-0.1, -0.05) is 0 Å². The van der Waals surface area contributed by atoms with Gasteiger partial charge in [0, 0.05) is 37.5 Å². The van der Waals surface area contributed by atoms with Crippen LogP contribution in [-0.4, -0.2) is 62.3 Å². The summed E-state index contributed by atoms with van der Waals surface area (Å²) in [4.78, 5) is 29.8. The van der Waals surface area contributed by atoms with Gasteiger partial charge < -0.3 is 19.1 Å². The minimum Gasteiger partial charge on any atom is -0.470 e. The predicted octanol–water partition coefficient (Wildman–Crippen LogP) is 1.71. The molecule has 0 radical (unpaired) electrons. The van der Waals surface area contributed by atoms with E-state index in [0.717, 1.165) is 0 Å². The van der Waals surface area contributed by atoms with Crippen molar-refractivity contribution in [3.63, 3.8) is 0 Å². The number of aromatic nitrogens is 4. The monoisotopic (exact) mass is 359 g/mol. The molecule has 2 aromatic heterocycles. The quantitative estimate of drug-likeness (QED) is 0.795. The molecule has 1 amide bonds. The second-order valence-electron chi connectivity index (χ2n) is 6.08. The summed E-state index contributed by atoms with van der Waals surface area (Å²) in [7, 11) is 0. The van der Waals surface area contributed by atoms with Crippen molar-refractivity contribution < 1.29 is 19.0 Å². The molecule has 0 aliphatic carbocycles. The number of nitrogens with zero attached hydrogens (tertiary/aromatic N) is 5. The third-order valence-corrected chi connectivity index (χ3v) is 3.75. The van der Waals surface area contributed by atoms with Crippen LogP contribution in [0.25, 0.3) is 0 Å². The van der Waals surface area contributed by atoms with Gasteiger partial charge >= 0.3 is 6.09 Å². The Bertz CT molecular complexity index is 701. The summed E-state index contributed by atoms with van der Waals surface area (Å²) in [6, 6.07) is 3.34.